The highest BCUT2D eigenvalue weighted by atomic mass is 15.1. The van der Waals surface area contributed by atoms with Crippen molar-refractivity contribution in [2.24, 2.45) is 5.92 Å². The van der Waals surface area contributed by atoms with Gasteiger partial charge in [-0.2, -0.15) is 0 Å². The van der Waals surface area contributed by atoms with E-state index in [0.29, 0.717) is 5.92 Å². The van der Waals surface area contributed by atoms with E-state index in [-0.39, 0.29) is 0 Å². The van der Waals surface area contributed by atoms with Crippen LogP contribution in [0.3, 0.4) is 0 Å². The Kier molecular flexibility index (Phi) is 12.0. The van der Waals surface area contributed by atoms with Crippen LogP contribution < -0.4 is 0 Å². The van der Waals surface area contributed by atoms with Crippen LogP contribution in [-0.2, 0) is 0 Å². The van der Waals surface area contributed by atoms with Crippen LogP contribution in [0.25, 0.3) is 0 Å². The highest BCUT2D eigenvalue weighted by Crippen LogP contribution is 2.03. The summed E-state index contributed by atoms with van der Waals surface area (Å²) in [6, 6.07) is 2.88. The Hall–Kier alpha value is -3.28. The molecule has 0 aliphatic heterocycles. The fourth-order valence-corrected chi connectivity index (χ4v) is 0.906. The zero-order valence-electron chi connectivity index (χ0n) is 13.3. The molecule has 0 atom stereocenters. The first-order chi connectivity index (χ1) is 10.7. The van der Waals surface area contributed by atoms with Crippen molar-refractivity contribution >= 4 is 0 Å². The fourth-order valence-electron chi connectivity index (χ4n) is 0.906. The minimum Gasteiger partial charge on any atom is -0.330 e. The molecule has 0 heterocycles. The molecule has 1 heteroatoms. The molecule has 0 aromatic heterocycles. The van der Waals surface area contributed by atoms with E-state index in [0.717, 1.165) is 6.42 Å². The number of nitrogens with zero attached hydrogens (tertiary/aromatic N) is 1. The highest BCUT2D eigenvalue weighted by Gasteiger charge is 1.95. The van der Waals surface area contributed by atoms with Crippen molar-refractivity contribution in [3.8, 4) is 83.0 Å². The van der Waals surface area contributed by atoms with Gasteiger partial charge in [-0.15, -0.1) is 0 Å². The summed E-state index contributed by atoms with van der Waals surface area (Å²) in [5.74, 6) is 34.2. The third-order valence-corrected chi connectivity index (χ3v) is 1.90. The Bertz CT molecular complexity index is 777. The molecule has 0 aliphatic carbocycles. The highest BCUT2D eigenvalue weighted by molar-refractivity contribution is 5.45. The van der Waals surface area contributed by atoms with E-state index in [1.165, 1.54) is 0 Å². The van der Waals surface area contributed by atoms with Crippen molar-refractivity contribution in [3.05, 3.63) is 6.54 Å². The van der Waals surface area contributed by atoms with Crippen LogP contribution in [0.4, 0.5) is 0 Å². The monoisotopic (exact) mass is 282 g/mol. The maximum absolute atomic E-state index is 2.88. The van der Waals surface area contributed by atoms with Crippen molar-refractivity contribution in [3.63, 3.8) is 0 Å². The van der Waals surface area contributed by atoms with Gasteiger partial charge in [-0.05, 0) is 54.8 Å². The largest absolute Gasteiger partial charge is 0.330 e. The number of hydrogen-bond donors (Lipinski definition) is 0. The van der Waals surface area contributed by atoms with E-state index in [1.54, 1.807) is 6.92 Å². The molecule has 0 aromatic carbocycles. The van der Waals surface area contributed by atoms with E-state index in [9.17, 15) is 0 Å². The van der Waals surface area contributed by atoms with Crippen molar-refractivity contribution in [1.82, 2.24) is 4.90 Å². The molecule has 0 bridgehead atoms. The zero-order valence-corrected chi connectivity index (χ0v) is 13.3. The summed E-state index contributed by atoms with van der Waals surface area (Å²) in [6.45, 7) is 8.06. The van der Waals surface area contributed by atoms with Crippen LogP contribution >= 0.6 is 0 Å². The van der Waals surface area contributed by atoms with Crippen molar-refractivity contribution < 1.29 is 0 Å². The van der Waals surface area contributed by atoms with Crippen LogP contribution in [0, 0.1) is 95.5 Å². The van der Waals surface area contributed by atoms with Crippen LogP contribution in [0.2, 0.25) is 0 Å². The average Bonchev–Trinajstić information content (AvgIpc) is 2.49. The van der Waals surface area contributed by atoms with Crippen LogP contribution in [-0.4, -0.2) is 11.9 Å². The van der Waals surface area contributed by atoms with E-state index >= 15 is 0 Å². The lowest BCUT2D eigenvalue weighted by atomic mass is 10.1. The summed E-state index contributed by atoms with van der Waals surface area (Å²) < 4.78 is 0. The molecular formula is C21H16N. The Morgan fingerprint density at radius 3 is 1.55 bits per heavy atom. The normalized spacial score (nSPS) is 6.23. The molecule has 0 saturated carbocycles. The second-order valence-corrected chi connectivity index (χ2v) is 4.28. The molecule has 22 heavy (non-hydrogen) atoms. The van der Waals surface area contributed by atoms with Crippen molar-refractivity contribution in [1.29, 1.82) is 0 Å². The van der Waals surface area contributed by atoms with Gasteiger partial charge >= 0.3 is 0 Å². The summed E-state index contributed by atoms with van der Waals surface area (Å²) in [5.41, 5.74) is 0. The smallest absolute Gasteiger partial charge is 0.0581 e. The molecular weight excluding hydrogens is 266 g/mol. The molecule has 1 radical (unpaired) electrons. The van der Waals surface area contributed by atoms with E-state index in [1.807, 2.05) is 18.5 Å². The van der Waals surface area contributed by atoms with E-state index in [4.69, 9.17) is 0 Å². The molecule has 0 aliphatic rings. The molecule has 0 fully saturated rings. The first kappa shape index (κ1) is 18.7. The molecule has 0 unspecified atom stereocenters. The van der Waals surface area contributed by atoms with E-state index in [2.05, 4.69) is 96.9 Å². The molecule has 0 aromatic rings. The summed E-state index contributed by atoms with van der Waals surface area (Å²) in [6.07, 6.45) is 0.991. The second kappa shape index (κ2) is 14.1. The van der Waals surface area contributed by atoms with Gasteiger partial charge in [0.05, 0.1) is 6.54 Å². The zero-order chi connectivity index (χ0) is 16.5. The van der Waals surface area contributed by atoms with Crippen molar-refractivity contribution in [2.75, 3.05) is 7.05 Å². The van der Waals surface area contributed by atoms with Gasteiger partial charge in [0, 0.05) is 48.6 Å². The third-order valence-electron chi connectivity index (χ3n) is 1.90. The molecule has 105 valence electrons. The third kappa shape index (κ3) is 14.8. The number of hydrogen-bond acceptors (Lipinski definition) is 1. The minimum atomic E-state index is 0.619. The quantitative estimate of drug-likeness (QED) is 0.566. The van der Waals surface area contributed by atoms with Crippen LogP contribution in [0.1, 0.15) is 27.2 Å². The first-order valence-corrected chi connectivity index (χ1v) is 6.65. The Morgan fingerprint density at radius 2 is 1.14 bits per heavy atom. The minimum absolute atomic E-state index is 0.619. The summed E-state index contributed by atoms with van der Waals surface area (Å²) in [7, 11) is 1.89. The molecule has 0 N–H and O–H groups in total. The van der Waals surface area contributed by atoms with Gasteiger partial charge in [0.15, 0.2) is 0 Å². The molecule has 0 amide bonds. The summed E-state index contributed by atoms with van der Waals surface area (Å²) in [5, 5.41) is 0. The fraction of sp³-hybridized carbons (Fsp3) is 0.286. The number of rotatable bonds is 3. The van der Waals surface area contributed by atoms with Crippen molar-refractivity contribution in [2.45, 2.75) is 27.2 Å². The van der Waals surface area contributed by atoms with Gasteiger partial charge in [0.2, 0.25) is 0 Å². The Balaban J connectivity index is 4.24. The summed E-state index contributed by atoms with van der Waals surface area (Å²) in [4.78, 5) is 1.81. The van der Waals surface area contributed by atoms with E-state index < -0.39 is 0 Å². The predicted molar refractivity (Wildman–Crippen MR) is 91.6 cm³/mol. The van der Waals surface area contributed by atoms with Gasteiger partial charge < -0.3 is 4.90 Å². The van der Waals surface area contributed by atoms with Gasteiger partial charge in [-0.3, -0.25) is 0 Å². The molecule has 1 nitrogen and oxygen atoms in total. The van der Waals surface area contributed by atoms with Gasteiger partial charge in [-0.1, -0.05) is 19.8 Å². The standard InChI is InChI=1S/C21H16N/c1-5-6-7-8-9-10-11-12-13-14-15-16-17-19-22(4)20-18-21(2)3/h20-21H,18H2,1-4H3. The SMILES string of the molecule is CC#CC#CC#CC#CC#CC#CC#CN(C)[CH]CC(C)C. The molecule has 0 saturated heterocycles. The van der Waals surface area contributed by atoms with Crippen LogP contribution in [0.5, 0.6) is 0 Å². The average molecular weight is 282 g/mol. The van der Waals surface area contributed by atoms with Gasteiger partial charge in [0.1, 0.15) is 0 Å². The van der Waals surface area contributed by atoms with Gasteiger partial charge in [0.25, 0.3) is 0 Å². The lowest BCUT2D eigenvalue weighted by Gasteiger charge is -2.10. The predicted octanol–water partition coefficient (Wildman–Crippen LogP) is 2.13. The first-order valence-electron chi connectivity index (χ1n) is 6.65. The molecule has 0 rings (SSSR count). The lowest BCUT2D eigenvalue weighted by Crippen LogP contribution is -2.08. The molecule has 0 spiro atoms. The maximum atomic E-state index is 2.88. The van der Waals surface area contributed by atoms with Gasteiger partial charge in [-0.25, -0.2) is 0 Å². The van der Waals surface area contributed by atoms with Crippen LogP contribution in [0.15, 0.2) is 0 Å². The second-order valence-electron chi connectivity index (χ2n) is 4.28. The Morgan fingerprint density at radius 1 is 0.727 bits per heavy atom. The summed E-state index contributed by atoms with van der Waals surface area (Å²) >= 11 is 0. The lowest BCUT2D eigenvalue weighted by molar-refractivity contribution is 0.498. The Labute approximate surface area is 135 Å². The topological polar surface area (TPSA) is 3.24 Å². The maximum Gasteiger partial charge on any atom is 0.0581 e.